The number of likely N-dealkylation sites (tertiary alicyclic amines) is 1. The highest BCUT2D eigenvalue weighted by Gasteiger charge is 2.26. The van der Waals surface area contributed by atoms with Crippen LogP contribution < -0.4 is 5.32 Å². The van der Waals surface area contributed by atoms with E-state index < -0.39 is 11.9 Å². The summed E-state index contributed by atoms with van der Waals surface area (Å²) in [6.45, 7) is 8.67. The van der Waals surface area contributed by atoms with Crippen molar-refractivity contribution in [2.75, 3.05) is 64.2 Å². The summed E-state index contributed by atoms with van der Waals surface area (Å²) >= 11 is 5.84. The first-order valence-electron chi connectivity index (χ1n) is 10.4. The minimum Gasteiger partial charge on any atom is -0.481 e. The van der Waals surface area contributed by atoms with Crippen LogP contribution in [0.25, 0.3) is 0 Å². The first-order valence-corrected chi connectivity index (χ1v) is 10.8. The Morgan fingerprint density at radius 1 is 0.931 bits per heavy atom. The van der Waals surface area contributed by atoms with Gasteiger partial charge in [-0.25, -0.2) is 0 Å². The minimum atomic E-state index is -0.923. The van der Waals surface area contributed by atoms with E-state index in [0.29, 0.717) is 17.3 Å². The third kappa shape index (κ3) is 7.26. The fourth-order valence-corrected chi connectivity index (χ4v) is 4.12. The van der Waals surface area contributed by atoms with E-state index in [0.717, 1.165) is 39.3 Å². The normalized spacial score (nSPS) is 19.9. The van der Waals surface area contributed by atoms with Crippen molar-refractivity contribution in [3.05, 3.63) is 29.3 Å². The van der Waals surface area contributed by atoms with Crippen LogP contribution in [0.4, 0.5) is 5.69 Å². The number of hydrogen-bond donors (Lipinski definition) is 2. The van der Waals surface area contributed by atoms with Crippen molar-refractivity contribution in [1.82, 2.24) is 14.7 Å². The number of benzene rings is 1. The average Bonchev–Trinajstić information content (AvgIpc) is 3.22. The minimum absolute atomic E-state index is 0.0346. The van der Waals surface area contributed by atoms with E-state index in [2.05, 4.69) is 20.0 Å². The number of nitrogens with zero attached hydrogens (tertiary/aromatic N) is 3. The van der Waals surface area contributed by atoms with E-state index in [4.69, 9.17) is 11.6 Å². The van der Waals surface area contributed by atoms with Crippen LogP contribution in [0.2, 0.25) is 5.02 Å². The molecule has 1 unspecified atom stereocenters. The fraction of sp³-hybridized carbons (Fsp3) is 0.619. The number of nitrogens with one attached hydrogen (secondary N) is 1. The summed E-state index contributed by atoms with van der Waals surface area (Å²) in [6.07, 6.45) is 2.60. The van der Waals surface area contributed by atoms with Crippen LogP contribution in [0.15, 0.2) is 24.3 Å². The molecule has 0 bridgehead atoms. The molecule has 0 aromatic heterocycles. The maximum atomic E-state index is 12.3. The maximum absolute atomic E-state index is 12.3. The Kier molecular flexibility index (Phi) is 8.29. The molecule has 0 spiro atoms. The standard InChI is InChI=1S/C21H31ClN4O3/c22-18-3-5-19(6-4-18)23-20(27)15-17(21(28)29)16-26-13-11-25(12-14-26)10-9-24-7-1-2-8-24/h3-6,17H,1-2,7-16H2,(H,23,27)(H,28,29). The molecule has 0 saturated carbocycles. The highest BCUT2D eigenvalue weighted by atomic mass is 35.5. The van der Waals surface area contributed by atoms with Gasteiger partial charge in [-0.05, 0) is 50.2 Å². The Hall–Kier alpha value is -1.67. The van der Waals surface area contributed by atoms with Crippen molar-refractivity contribution in [2.45, 2.75) is 19.3 Å². The molecule has 8 heteroatoms. The Bertz CT molecular complexity index is 671. The van der Waals surface area contributed by atoms with Gasteiger partial charge in [0, 0.05) is 62.9 Å². The number of hydrogen-bond acceptors (Lipinski definition) is 5. The first kappa shape index (κ1) is 22.0. The lowest BCUT2D eigenvalue weighted by Gasteiger charge is -2.36. The van der Waals surface area contributed by atoms with Crippen molar-refractivity contribution < 1.29 is 14.7 Å². The SMILES string of the molecule is O=C(CC(CN1CCN(CCN2CCCC2)CC1)C(=O)O)Nc1ccc(Cl)cc1. The lowest BCUT2D eigenvalue weighted by atomic mass is 10.0. The van der Waals surface area contributed by atoms with Gasteiger partial charge in [0.05, 0.1) is 5.92 Å². The van der Waals surface area contributed by atoms with Gasteiger partial charge < -0.3 is 15.3 Å². The average molecular weight is 423 g/mol. The molecule has 2 aliphatic rings. The van der Waals surface area contributed by atoms with Crippen LogP contribution in [-0.2, 0) is 9.59 Å². The molecule has 2 saturated heterocycles. The number of carbonyl (C=O) groups excluding carboxylic acids is 1. The Balaban J connectivity index is 1.40. The summed E-state index contributed by atoms with van der Waals surface area (Å²) < 4.78 is 0. The number of piperazine rings is 1. The summed E-state index contributed by atoms with van der Waals surface area (Å²) in [4.78, 5) is 31.1. The number of aliphatic carboxylic acids is 1. The molecule has 3 rings (SSSR count). The molecule has 1 amide bonds. The van der Waals surface area contributed by atoms with E-state index in [1.807, 2.05) is 0 Å². The largest absolute Gasteiger partial charge is 0.481 e. The van der Waals surface area contributed by atoms with Gasteiger partial charge in [-0.2, -0.15) is 0 Å². The van der Waals surface area contributed by atoms with Crippen LogP contribution in [0.1, 0.15) is 19.3 Å². The van der Waals surface area contributed by atoms with E-state index in [9.17, 15) is 14.7 Å². The summed E-state index contributed by atoms with van der Waals surface area (Å²) in [5.41, 5.74) is 0.621. The quantitative estimate of drug-likeness (QED) is 0.634. The molecule has 29 heavy (non-hydrogen) atoms. The Morgan fingerprint density at radius 3 is 2.07 bits per heavy atom. The van der Waals surface area contributed by atoms with Crippen molar-refractivity contribution in [3.63, 3.8) is 0 Å². The van der Waals surface area contributed by atoms with Gasteiger partial charge in [0.1, 0.15) is 0 Å². The molecule has 2 N–H and O–H groups in total. The van der Waals surface area contributed by atoms with Crippen LogP contribution >= 0.6 is 11.6 Å². The zero-order valence-electron chi connectivity index (χ0n) is 16.9. The van der Waals surface area contributed by atoms with Gasteiger partial charge in [0.15, 0.2) is 0 Å². The highest BCUT2D eigenvalue weighted by molar-refractivity contribution is 6.30. The number of rotatable bonds is 9. The van der Waals surface area contributed by atoms with Crippen molar-refractivity contribution in [1.29, 1.82) is 0 Å². The summed E-state index contributed by atoms with van der Waals surface area (Å²) in [5, 5.41) is 12.9. The van der Waals surface area contributed by atoms with Crippen LogP contribution in [0, 0.1) is 5.92 Å². The predicted molar refractivity (Wildman–Crippen MR) is 114 cm³/mol. The van der Waals surface area contributed by atoms with Crippen LogP contribution in [-0.4, -0.2) is 90.6 Å². The fourth-order valence-electron chi connectivity index (χ4n) is 4.00. The predicted octanol–water partition coefficient (Wildman–Crippen LogP) is 2.08. The monoisotopic (exact) mass is 422 g/mol. The molecule has 1 aromatic rings. The molecule has 0 radical (unpaired) electrons. The van der Waals surface area contributed by atoms with Crippen molar-refractivity contribution in [3.8, 4) is 0 Å². The molecular formula is C21H31ClN4O3. The van der Waals surface area contributed by atoms with Gasteiger partial charge in [0.25, 0.3) is 0 Å². The molecule has 2 fully saturated rings. The van der Waals surface area contributed by atoms with Crippen LogP contribution in [0.3, 0.4) is 0 Å². The Labute approximate surface area is 177 Å². The highest BCUT2D eigenvalue weighted by Crippen LogP contribution is 2.16. The second-order valence-electron chi connectivity index (χ2n) is 7.99. The number of carbonyl (C=O) groups is 2. The van der Waals surface area contributed by atoms with E-state index in [-0.39, 0.29) is 12.3 Å². The molecule has 7 nitrogen and oxygen atoms in total. The molecule has 1 aromatic carbocycles. The molecular weight excluding hydrogens is 392 g/mol. The molecule has 1 atom stereocenters. The smallest absolute Gasteiger partial charge is 0.308 e. The second-order valence-corrected chi connectivity index (χ2v) is 8.42. The number of carboxylic acids is 1. The molecule has 2 aliphatic heterocycles. The number of halogens is 1. The first-order chi connectivity index (χ1) is 14.0. The number of carboxylic acid groups (broad SMARTS) is 1. The second kappa shape index (κ2) is 10.9. The molecule has 2 heterocycles. The van der Waals surface area contributed by atoms with Crippen LogP contribution in [0.5, 0.6) is 0 Å². The maximum Gasteiger partial charge on any atom is 0.308 e. The van der Waals surface area contributed by atoms with Gasteiger partial charge in [-0.1, -0.05) is 11.6 Å². The lowest BCUT2D eigenvalue weighted by molar-refractivity contribution is -0.144. The third-order valence-corrected chi connectivity index (χ3v) is 6.04. The zero-order valence-corrected chi connectivity index (χ0v) is 17.6. The van der Waals surface area contributed by atoms with Gasteiger partial charge in [-0.15, -0.1) is 0 Å². The van der Waals surface area contributed by atoms with E-state index >= 15 is 0 Å². The molecule has 160 valence electrons. The third-order valence-electron chi connectivity index (χ3n) is 5.78. The van der Waals surface area contributed by atoms with Crippen molar-refractivity contribution >= 4 is 29.2 Å². The number of anilines is 1. The van der Waals surface area contributed by atoms with Crippen molar-refractivity contribution in [2.24, 2.45) is 5.92 Å². The van der Waals surface area contributed by atoms with E-state index in [1.165, 1.54) is 25.9 Å². The van der Waals surface area contributed by atoms with Gasteiger partial charge >= 0.3 is 5.97 Å². The Morgan fingerprint density at radius 2 is 1.48 bits per heavy atom. The lowest BCUT2D eigenvalue weighted by Crippen LogP contribution is -2.50. The van der Waals surface area contributed by atoms with Gasteiger partial charge in [0.2, 0.25) is 5.91 Å². The number of amides is 1. The summed E-state index contributed by atoms with van der Waals surface area (Å²) in [6, 6.07) is 6.79. The van der Waals surface area contributed by atoms with Gasteiger partial charge in [-0.3, -0.25) is 19.4 Å². The molecule has 0 aliphatic carbocycles. The van der Waals surface area contributed by atoms with E-state index in [1.54, 1.807) is 24.3 Å². The zero-order chi connectivity index (χ0) is 20.6. The summed E-state index contributed by atoms with van der Waals surface area (Å²) in [5.74, 6) is -1.92. The topological polar surface area (TPSA) is 76.1 Å². The summed E-state index contributed by atoms with van der Waals surface area (Å²) in [7, 11) is 0.